The molecule has 0 saturated carbocycles. The van der Waals surface area contributed by atoms with Gasteiger partial charge in [-0.05, 0) is 77.2 Å². The van der Waals surface area contributed by atoms with Gasteiger partial charge in [0.15, 0.2) is 0 Å². The van der Waals surface area contributed by atoms with E-state index in [9.17, 15) is 14.4 Å². The highest BCUT2D eigenvalue weighted by Crippen LogP contribution is 2.37. The lowest BCUT2D eigenvalue weighted by atomic mass is 10.0. The van der Waals surface area contributed by atoms with E-state index in [0.29, 0.717) is 27.8 Å². The quantitative estimate of drug-likeness (QED) is 0.0974. The number of halogens is 1. The number of nitrogens with one attached hydrogen (secondary N) is 3. The van der Waals surface area contributed by atoms with Crippen LogP contribution in [0.4, 0.5) is 11.4 Å². The highest BCUT2D eigenvalue weighted by molar-refractivity contribution is 8.00. The first-order chi connectivity index (χ1) is 22.8. The number of benzene rings is 5. The normalized spacial score (nSPS) is 11.9. The average molecular weight is 660 g/mol. The van der Waals surface area contributed by atoms with E-state index in [0.717, 1.165) is 16.1 Å². The van der Waals surface area contributed by atoms with Crippen LogP contribution in [0.1, 0.15) is 52.1 Å². The van der Waals surface area contributed by atoms with Crippen LogP contribution in [0.15, 0.2) is 144 Å². The van der Waals surface area contributed by atoms with Gasteiger partial charge in [0.05, 0.1) is 0 Å². The van der Waals surface area contributed by atoms with E-state index in [4.69, 9.17) is 11.6 Å². The number of thioether (sulfide) groups is 1. The molecule has 0 spiro atoms. The number of hydrogen-bond acceptors (Lipinski definition) is 4. The molecular formula is C39H34ClN3O3S. The van der Waals surface area contributed by atoms with Crippen molar-refractivity contribution < 1.29 is 14.4 Å². The molecule has 0 radical (unpaired) electrons. The first-order valence-electron chi connectivity index (χ1n) is 15.1. The van der Waals surface area contributed by atoms with Gasteiger partial charge in [0.1, 0.15) is 10.9 Å². The van der Waals surface area contributed by atoms with Gasteiger partial charge in [-0.25, -0.2) is 0 Å². The van der Waals surface area contributed by atoms with E-state index < -0.39 is 17.1 Å². The van der Waals surface area contributed by atoms with Crippen molar-refractivity contribution in [3.8, 4) is 0 Å². The van der Waals surface area contributed by atoms with Crippen LogP contribution in [-0.4, -0.2) is 17.7 Å². The molecule has 3 N–H and O–H groups in total. The van der Waals surface area contributed by atoms with E-state index in [2.05, 4.69) is 29.8 Å². The molecule has 5 aromatic carbocycles. The number of amides is 3. The Morgan fingerprint density at radius 1 is 0.681 bits per heavy atom. The van der Waals surface area contributed by atoms with Gasteiger partial charge < -0.3 is 16.0 Å². The van der Waals surface area contributed by atoms with Crippen molar-refractivity contribution in [1.29, 1.82) is 0 Å². The number of carbonyl (C=O) groups is 3. The summed E-state index contributed by atoms with van der Waals surface area (Å²) < 4.78 is 0. The monoisotopic (exact) mass is 659 g/mol. The molecule has 0 aromatic heterocycles. The minimum Gasteiger partial charge on any atom is -0.325 e. The lowest BCUT2D eigenvalue weighted by molar-refractivity contribution is -0.116. The van der Waals surface area contributed by atoms with Gasteiger partial charge in [-0.1, -0.05) is 110 Å². The summed E-state index contributed by atoms with van der Waals surface area (Å²) in [5.74, 6) is -0.734. The highest BCUT2D eigenvalue weighted by atomic mass is 35.5. The van der Waals surface area contributed by atoms with Crippen molar-refractivity contribution in [3.05, 3.63) is 166 Å². The second-order valence-electron chi connectivity index (χ2n) is 11.1. The Kier molecular flexibility index (Phi) is 11.3. The average Bonchev–Trinajstić information content (AvgIpc) is 3.09. The lowest BCUT2D eigenvalue weighted by Crippen LogP contribution is -2.30. The summed E-state index contributed by atoms with van der Waals surface area (Å²) in [5.41, 5.74) is 4.26. The molecule has 5 rings (SSSR count). The van der Waals surface area contributed by atoms with Crippen molar-refractivity contribution in [1.82, 2.24) is 5.32 Å². The zero-order chi connectivity index (χ0) is 33.2. The van der Waals surface area contributed by atoms with Gasteiger partial charge in [-0.3, -0.25) is 14.4 Å². The Morgan fingerprint density at radius 2 is 1.34 bits per heavy atom. The van der Waals surface area contributed by atoms with Crippen molar-refractivity contribution in [2.75, 3.05) is 10.6 Å². The molecular weight excluding hydrogens is 626 g/mol. The predicted octanol–water partition coefficient (Wildman–Crippen LogP) is 9.35. The minimum absolute atomic E-state index is 0.0232. The van der Waals surface area contributed by atoms with Crippen LogP contribution in [0.25, 0.3) is 6.08 Å². The lowest BCUT2D eigenvalue weighted by Gasteiger charge is -2.18. The fraction of sp³-hybridized carbons (Fsp3) is 0.103. The van der Waals surface area contributed by atoms with Gasteiger partial charge in [0.2, 0.25) is 5.91 Å². The summed E-state index contributed by atoms with van der Waals surface area (Å²) in [7, 11) is 0. The molecule has 1 unspecified atom stereocenters. The largest absolute Gasteiger partial charge is 0.325 e. The van der Waals surface area contributed by atoms with E-state index in [-0.39, 0.29) is 11.6 Å². The van der Waals surface area contributed by atoms with Crippen LogP contribution in [0.5, 0.6) is 0 Å². The molecule has 0 saturated heterocycles. The fourth-order valence-electron chi connectivity index (χ4n) is 4.73. The van der Waals surface area contributed by atoms with Gasteiger partial charge in [0.25, 0.3) is 11.8 Å². The molecule has 0 fully saturated rings. The van der Waals surface area contributed by atoms with Crippen LogP contribution in [0.2, 0.25) is 5.02 Å². The van der Waals surface area contributed by atoms with Crippen LogP contribution in [0, 0.1) is 0 Å². The van der Waals surface area contributed by atoms with Crippen molar-refractivity contribution in [2.45, 2.75) is 29.9 Å². The second kappa shape index (κ2) is 15.9. The zero-order valence-electron chi connectivity index (χ0n) is 25.9. The summed E-state index contributed by atoms with van der Waals surface area (Å²) in [4.78, 5) is 41.1. The molecule has 47 heavy (non-hydrogen) atoms. The van der Waals surface area contributed by atoms with Gasteiger partial charge in [-0.15, -0.1) is 11.8 Å². The molecule has 0 aliphatic carbocycles. The summed E-state index contributed by atoms with van der Waals surface area (Å²) >= 11 is 7.75. The number of carbonyl (C=O) groups excluding carboxylic acids is 3. The number of rotatable bonds is 11. The number of anilines is 2. The Bertz CT molecular complexity index is 1880. The van der Waals surface area contributed by atoms with E-state index in [1.807, 2.05) is 72.8 Å². The van der Waals surface area contributed by atoms with Crippen molar-refractivity contribution in [2.24, 2.45) is 0 Å². The molecule has 8 heteroatoms. The maximum Gasteiger partial charge on any atom is 0.272 e. The summed E-state index contributed by atoms with van der Waals surface area (Å²) in [6.07, 6.45) is 1.54. The molecule has 5 aromatic rings. The van der Waals surface area contributed by atoms with E-state index in [1.165, 1.54) is 17.3 Å². The van der Waals surface area contributed by atoms with Crippen LogP contribution in [0.3, 0.4) is 0 Å². The maximum atomic E-state index is 13.6. The Balaban J connectivity index is 1.37. The first-order valence-corrected chi connectivity index (χ1v) is 16.4. The SMILES string of the molecule is CC(C)c1ccc(NC(=O)C(Sc2cccc(NC(=O)/C(=C\c3ccccc3Cl)NC(=O)c3ccccc3)c2)c2ccccc2)cc1. The smallest absolute Gasteiger partial charge is 0.272 e. The van der Waals surface area contributed by atoms with Crippen molar-refractivity contribution in [3.63, 3.8) is 0 Å². The third kappa shape index (κ3) is 9.22. The van der Waals surface area contributed by atoms with E-state index in [1.54, 1.807) is 66.7 Å². The maximum absolute atomic E-state index is 13.6. The van der Waals surface area contributed by atoms with E-state index >= 15 is 0 Å². The zero-order valence-corrected chi connectivity index (χ0v) is 27.5. The summed E-state index contributed by atoms with van der Waals surface area (Å²) in [6.45, 7) is 4.26. The third-order valence-electron chi connectivity index (χ3n) is 7.27. The Morgan fingerprint density at radius 3 is 2.02 bits per heavy atom. The third-order valence-corrected chi connectivity index (χ3v) is 8.86. The second-order valence-corrected chi connectivity index (χ2v) is 12.6. The summed E-state index contributed by atoms with van der Waals surface area (Å²) in [5, 5.41) is 8.57. The van der Waals surface area contributed by atoms with Crippen LogP contribution >= 0.6 is 23.4 Å². The topological polar surface area (TPSA) is 87.3 Å². The summed E-state index contributed by atoms with van der Waals surface area (Å²) in [6, 6.07) is 40.4. The van der Waals surface area contributed by atoms with Gasteiger partial charge >= 0.3 is 0 Å². The molecule has 0 aliphatic heterocycles. The predicted molar refractivity (Wildman–Crippen MR) is 193 cm³/mol. The van der Waals surface area contributed by atoms with Crippen LogP contribution in [-0.2, 0) is 9.59 Å². The van der Waals surface area contributed by atoms with Crippen LogP contribution < -0.4 is 16.0 Å². The molecule has 0 heterocycles. The molecule has 3 amide bonds. The molecule has 1 atom stereocenters. The van der Waals surface area contributed by atoms with Gasteiger partial charge in [0, 0.05) is 26.9 Å². The van der Waals surface area contributed by atoms with Gasteiger partial charge in [-0.2, -0.15) is 0 Å². The fourth-order valence-corrected chi connectivity index (χ4v) is 6.01. The minimum atomic E-state index is -0.562. The Labute approximate surface area is 284 Å². The first kappa shape index (κ1) is 33.3. The molecule has 6 nitrogen and oxygen atoms in total. The molecule has 236 valence electrons. The molecule has 0 bridgehead atoms. The number of hydrogen-bond donors (Lipinski definition) is 3. The Hall–Kier alpha value is -5.11. The van der Waals surface area contributed by atoms with Crippen molar-refractivity contribution >= 4 is 58.5 Å². The highest BCUT2D eigenvalue weighted by Gasteiger charge is 2.23. The standard InChI is InChI=1S/C39H34ClN3O3S/c1-26(2)27-20-22-31(23-21-27)41-39(46)36(28-12-5-3-6-13-28)47-33-18-11-17-32(25-33)42-38(45)35(24-30-16-9-10-19-34(30)40)43-37(44)29-14-7-4-8-15-29/h3-26,36H,1-2H3,(H,41,46)(H,42,45)(H,43,44)/b35-24+. The molecule has 0 aliphatic rings.